The molecule has 3 aromatic rings. The molecule has 1 amide bonds. The number of benzene rings is 2. The van der Waals surface area contributed by atoms with Crippen LogP contribution in [0.25, 0.3) is 10.9 Å². The molecule has 0 fully saturated rings. The predicted octanol–water partition coefficient (Wildman–Crippen LogP) is 2.36. The number of aromatic nitrogens is 2. The Morgan fingerprint density at radius 1 is 1.14 bits per heavy atom. The summed E-state index contributed by atoms with van der Waals surface area (Å²) in [6.07, 6.45) is 0.122. The Balaban J connectivity index is 1.67. The van der Waals surface area contributed by atoms with E-state index in [2.05, 4.69) is 10.3 Å². The number of carbonyl (C=O) groups is 1. The Kier molecular flexibility index (Phi) is 5.93. The van der Waals surface area contributed by atoms with Crippen LogP contribution in [0.1, 0.15) is 31.9 Å². The van der Waals surface area contributed by atoms with Crippen molar-refractivity contribution in [2.45, 2.75) is 32.9 Å². The minimum Gasteiger partial charge on any atom is -0.494 e. The molecule has 0 aliphatic heterocycles. The summed E-state index contributed by atoms with van der Waals surface area (Å²) in [5.41, 5.74) is 0.536. The summed E-state index contributed by atoms with van der Waals surface area (Å²) in [4.78, 5) is 38.7. The van der Waals surface area contributed by atoms with Gasteiger partial charge >= 0.3 is 5.69 Å². The van der Waals surface area contributed by atoms with Crippen LogP contribution in [0, 0.1) is 0 Å². The molecule has 0 unspecified atom stereocenters. The monoisotopic (exact) mass is 381 g/mol. The Morgan fingerprint density at radius 3 is 2.57 bits per heavy atom. The zero-order chi connectivity index (χ0) is 20.1. The van der Waals surface area contributed by atoms with Crippen LogP contribution in [0.5, 0.6) is 5.75 Å². The predicted molar refractivity (Wildman–Crippen MR) is 108 cm³/mol. The molecule has 7 nitrogen and oxygen atoms in total. The number of ether oxygens (including phenoxy) is 1. The third kappa shape index (κ3) is 4.31. The molecule has 0 saturated heterocycles. The van der Waals surface area contributed by atoms with Crippen LogP contribution in [0.15, 0.2) is 58.1 Å². The summed E-state index contributed by atoms with van der Waals surface area (Å²) in [5.74, 6) is 0.609. The van der Waals surface area contributed by atoms with Crippen molar-refractivity contribution in [3.8, 4) is 5.75 Å². The number of hydrogen-bond donors (Lipinski definition) is 2. The van der Waals surface area contributed by atoms with Gasteiger partial charge in [-0.15, -0.1) is 0 Å². The Morgan fingerprint density at radius 2 is 1.86 bits per heavy atom. The minimum atomic E-state index is -0.518. The molecular weight excluding hydrogens is 358 g/mol. The number of fused-ring (bicyclic) bond motifs is 1. The van der Waals surface area contributed by atoms with Crippen LogP contribution in [0.4, 0.5) is 0 Å². The largest absolute Gasteiger partial charge is 0.494 e. The van der Waals surface area contributed by atoms with Crippen molar-refractivity contribution in [3.63, 3.8) is 0 Å². The molecule has 2 N–H and O–H groups in total. The van der Waals surface area contributed by atoms with Gasteiger partial charge in [-0.25, -0.2) is 4.79 Å². The normalized spacial score (nSPS) is 11.9. The molecule has 0 bridgehead atoms. The molecule has 0 radical (unpaired) electrons. The van der Waals surface area contributed by atoms with Crippen LogP contribution >= 0.6 is 0 Å². The highest BCUT2D eigenvalue weighted by Crippen LogP contribution is 2.17. The minimum absolute atomic E-state index is 0.122. The highest BCUT2D eigenvalue weighted by molar-refractivity contribution is 5.79. The van der Waals surface area contributed by atoms with E-state index in [1.165, 1.54) is 4.57 Å². The second-order valence-electron chi connectivity index (χ2n) is 6.47. The van der Waals surface area contributed by atoms with Crippen molar-refractivity contribution in [1.29, 1.82) is 0 Å². The Bertz CT molecular complexity index is 1080. The number of hydrogen-bond acceptors (Lipinski definition) is 4. The number of nitrogens with one attached hydrogen (secondary N) is 2. The number of aromatic amines is 1. The first kappa shape index (κ1) is 19.4. The molecule has 3 rings (SSSR count). The van der Waals surface area contributed by atoms with Gasteiger partial charge in [0.2, 0.25) is 5.91 Å². The summed E-state index contributed by atoms with van der Waals surface area (Å²) >= 11 is 0. The molecule has 146 valence electrons. The van der Waals surface area contributed by atoms with Gasteiger partial charge in [0.05, 0.1) is 23.6 Å². The van der Waals surface area contributed by atoms with Crippen LogP contribution in [-0.2, 0) is 11.3 Å². The molecule has 0 saturated carbocycles. The van der Waals surface area contributed by atoms with Gasteiger partial charge in [-0.1, -0.05) is 24.3 Å². The Labute approximate surface area is 162 Å². The zero-order valence-electron chi connectivity index (χ0n) is 15.9. The fourth-order valence-corrected chi connectivity index (χ4v) is 3.09. The third-order valence-corrected chi connectivity index (χ3v) is 4.54. The van der Waals surface area contributed by atoms with Crippen molar-refractivity contribution in [2.24, 2.45) is 0 Å². The summed E-state index contributed by atoms with van der Waals surface area (Å²) in [7, 11) is 0. The molecule has 7 heteroatoms. The average Bonchev–Trinajstić information content (AvgIpc) is 2.68. The molecule has 1 heterocycles. The first-order valence-corrected chi connectivity index (χ1v) is 9.23. The molecule has 0 aliphatic carbocycles. The number of rotatable bonds is 7. The first-order chi connectivity index (χ1) is 13.5. The van der Waals surface area contributed by atoms with Crippen molar-refractivity contribution in [3.05, 3.63) is 74.9 Å². The van der Waals surface area contributed by atoms with Gasteiger partial charge in [-0.05, 0) is 43.7 Å². The fraction of sp³-hybridized carbons (Fsp3) is 0.286. The second-order valence-corrected chi connectivity index (χ2v) is 6.47. The van der Waals surface area contributed by atoms with E-state index in [-0.39, 0.29) is 24.9 Å². The maximum absolute atomic E-state index is 12.4. The molecule has 2 aromatic carbocycles. The second kappa shape index (κ2) is 8.56. The zero-order valence-corrected chi connectivity index (χ0v) is 15.9. The van der Waals surface area contributed by atoms with Gasteiger partial charge < -0.3 is 10.1 Å². The summed E-state index contributed by atoms with van der Waals surface area (Å²) in [6, 6.07) is 14.2. The van der Waals surface area contributed by atoms with Crippen LogP contribution in [0.3, 0.4) is 0 Å². The van der Waals surface area contributed by atoms with Gasteiger partial charge in [-0.2, -0.15) is 0 Å². The fourth-order valence-electron chi connectivity index (χ4n) is 3.09. The number of nitrogens with zero attached hydrogens (tertiary/aromatic N) is 1. The lowest BCUT2D eigenvalue weighted by Crippen LogP contribution is -2.33. The van der Waals surface area contributed by atoms with E-state index < -0.39 is 11.2 Å². The number of H-pyrrole nitrogens is 1. The van der Waals surface area contributed by atoms with E-state index in [4.69, 9.17) is 4.74 Å². The standard InChI is InChI=1S/C21H23N3O4/c1-3-28-16-10-8-15(9-11-16)14(2)22-19(25)12-13-24-18-7-5-4-6-17(18)20(26)23-21(24)27/h4-11,14H,3,12-13H2,1-2H3,(H,22,25)(H,23,26,27)/t14-/m0/s1. The number of amides is 1. The van der Waals surface area contributed by atoms with Crippen molar-refractivity contribution in [1.82, 2.24) is 14.9 Å². The lowest BCUT2D eigenvalue weighted by molar-refractivity contribution is -0.121. The van der Waals surface area contributed by atoms with Crippen LogP contribution in [0.2, 0.25) is 0 Å². The Hall–Kier alpha value is -3.35. The van der Waals surface area contributed by atoms with E-state index in [0.717, 1.165) is 11.3 Å². The van der Waals surface area contributed by atoms with Gasteiger partial charge in [0.15, 0.2) is 0 Å². The SMILES string of the molecule is CCOc1ccc([C@H](C)NC(=O)CCn2c(=O)[nH]c(=O)c3ccccc32)cc1. The quantitative estimate of drug-likeness (QED) is 0.657. The summed E-state index contributed by atoms with van der Waals surface area (Å²) in [6.45, 7) is 4.60. The molecule has 28 heavy (non-hydrogen) atoms. The first-order valence-electron chi connectivity index (χ1n) is 9.23. The van der Waals surface area contributed by atoms with E-state index in [1.54, 1.807) is 24.3 Å². The van der Waals surface area contributed by atoms with E-state index in [0.29, 0.717) is 17.5 Å². The molecule has 0 aliphatic rings. The third-order valence-electron chi connectivity index (χ3n) is 4.54. The van der Waals surface area contributed by atoms with Crippen molar-refractivity contribution in [2.75, 3.05) is 6.61 Å². The van der Waals surface area contributed by atoms with E-state index >= 15 is 0 Å². The molecule has 1 aromatic heterocycles. The summed E-state index contributed by atoms with van der Waals surface area (Å²) in [5, 5.41) is 3.35. The van der Waals surface area contributed by atoms with Crippen LogP contribution in [-0.4, -0.2) is 22.1 Å². The van der Waals surface area contributed by atoms with Crippen LogP contribution < -0.4 is 21.3 Å². The van der Waals surface area contributed by atoms with E-state index in [9.17, 15) is 14.4 Å². The van der Waals surface area contributed by atoms with Gasteiger partial charge in [-0.3, -0.25) is 19.1 Å². The maximum atomic E-state index is 12.4. The smallest absolute Gasteiger partial charge is 0.328 e. The molecule has 0 spiro atoms. The van der Waals surface area contributed by atoms with Crippen molar-refractivity contribution >= 4 is 16.8 Å². The molecular formula is C21H23N3O4. The highest BCUT2D eigenvalue weighted by atomic mass is 16.5. The summed E-state index contributed by atoms with van der Waals surface area (Å²) < 4.78 is 6.83. The average molecular weight is 381 g/mol. The lowest BCUT2D eigenvalue weighted by atomic mass is 10.1. The van der Waals surface area contributed by atoms with Gasteiger partial charge in [0, 0.05) is 13.0 Å². The van der Waals surface area contributed by atoms with Gasteiger partial charge in [0.25, 0.3) is 5.56 Å². The topological polar surface area (TPSA) is 93.2 Å². The lowest BCUT2D eigenvalue weighted by Gasteiger charge is -2.15. The van der Waals surface area contributed by atoms with E-state index in [1.807, 2.05) is 38.1 Å². The highest BCUT2D eigenvalue weighted by Gasteiger charge is 2.12. The molecule has 1 atom stereocenters. The van der Waals surface area contributed by atoms with Gasteiger partial charge in [0.1, 0.15) is 5.75 Å². The number of carbonyl (C=O) groups excluding carboxylic acids is 1. The number of aryl methyl sites for hydroxylation is 1. The number of para-hydroxylation sites is 1. The van der Waals surface area contributed by atoms with Crippen molar-refractivity contribution < 1.29 is 9.53 Å². The maximum Gasteiger partial charge on any atom is 0.328 e.